The van der Waals surface area contributed by atoms with Crippen LogP contribution in [-0.2, 0) is 9.53 Å². The van der Waals surface area contributed by atoms with E-state index >= 15 is 0 Å². The van der Waals surface area contributed by atoms with Gasteiger partial charge in [0.25, 0.3) is 0 Å². The summed E-state index contributed by atoms with van der Waals surface area (Å²) in [6, 6.07) is 0. The molecule has 1 amide bonds. The second-order valence-corrected chi connectivity index (χ2v) is 6.37. The van der Waals surface area contributed by atoms with E-state index < -0.39 is 0 Å². The Balaban J connectivity index is 1.63. The number of carbonyl (C=O) groups is 1. The molecule has 0 aromatic rings. The van der Waals surface area contributed by atoms with Gasteiger partial charge in [0.2, 0.25) is 5.91 Å². The fourth-order valence-electron chi connectivity index (χ4n) is 3.92. The second kappa shape index (κ2) is 5.41. The molecule has 0 aromatic carbocycles. The highest BCUT2D eigenvalue weighted by atomic mass is 16.5. The van der Waals surface area contributed by atoms with Gasteiger partial charge in [0.05, 0.1) is 11.7 Å². The summed E-state index contributed by atoms with van der Waals surface area (Å²) in [7, 11) is 0. The summed E-state index contributed by atoms with van der Waals surface area (Å²) in [6.45, 7) is 4.86. The first kappa shape index (κ1) is 13.4. The molecule has 3 fully saturated rings. The molecule has 1 spiro atoms. The lowest BCUT2D eigenvalue weighted by Crippen LogP contribution is -2.44. The van der Waals surface area contributed by atoms with Crippen molar-refractivity contribution in [3.63, 3.8) is 0 Å². The van der Waals surface area contributed by atoms with Crippen molar-refractivity contribution in [3.8, 4) is 0 Å². The molecule has 2 heterocycles. The van der Waals surface area contributed by atoms with Crippen molar-refractivity contribution in [1.29, 1.82) is 0 Å². The van der Waals surface area contributed by atoms with Gasteiger partial charge in [-0.15, -0.1) is 0 Å². The number of amides is 1. The zero-order valence-electron chi connectivity index (χ0n) is 12.0. The first-order valence-electron chi connectivity index (χ1n) is 7.92. The zero-order valence-corrected chi connectivity index (χ0v) is 12.0. The van der Waals surface area contributed by atoms with E-state index in [1.807, 2.05) is 0 Å². The van der Waals surface area contributed by atoms with Crippen LogP contribution in [0.25, 0.3) is 0 Å². The summed E-state index contributed by atoms with van der Waals surface area (Å²) in [5.74, 6) is 1.03. The molecule has 1 N–H and O–H groups in total. The number of hydrogen-bond donors (Lipinski definition) is 1. The van der Waals surface area contributed by atoms with Crippen LogP contribution in [0.5, 0.6) is 0 Å². The number of rotatable bonds is 4. The van der Waals surface area contributed by atoms with Crippen molar-refractivity contribution in [1.82, 2.24) is 10.2 Å². The van der Waals surface area contributed by atoms with E-state index in [2.05, 4.69) is 17.1 Å². The summed E-state index contributed by atoms with van der Waals surface area (Å²) in [5.41, 5.74) is -0.202. The van der Waals surface area contributed by atoms with Crippen LogP contribution in [0.4, 0.5) is 0 Å². The van der Waals surface area contributed by atoms with Crippen molar-refractivity contribution < 1.29 is 9.53 Å². The third-order valence-corrected chi connectivity index (χ3v) is 5.14. The van der Waals surface area contributed by atoms with Gasteiger partial charge in [-0.2, -0.15) is 0 Å². The van der Waals surface area contributed by atoms with Crippen molar-refractivity contribution in [2.75, 3.05) is 19.8 Å². The zero-order chi connectivity index (χ0) is 13.3. The number of ether oxygens (including phenoxy) is 1. The van der Waals surface area contributed by atoms with Gasteiger partial charge in [0.1, 0.15) is 0 Å². The van der Waals surface area contributed by atoms with E-state index in [-0.39, 0.29) is 11.7 Å². The third-order valence-electron chi connectivity index (χ3n) is 5.14. The maximum Gasteiger partial charge on any atom is 0.244 e. The van der Waals surface area contributed by atoms with Gasteiger partial charge in [-0.1, -0.05) is 19.8 Å². The van der Waals surface area contributed by atoms with Gasteiger partial charge in [-0.25, -0.2) is 0 Å². The summed E-state index contributed by atoms with van der Waals surface area (Å²) in [5, 5.41) is 3.64. The maximum absolute atomic E-state index is 12.7. The molecule has 3 aliphatic rings. The lowest BCUT2D eigenvalue weighted by molar-refractivity contribution is -0.133. The lowest BCUT2D eigenvalue weighted by Gasteiger charge is -2.24. The predicted molar refractivity (Wildman–Crippen MR) is 73.7 cm³/mol. The molecule has 1 aliphatic carbocycles. The molecular formula is C15H26N2O2. The first-order chi connectivity index (χ1) is 9.25. The lowest BCUT2D eigenvalue weighted by atomic mass is 9.97. The van der Waals surface area contributed by atoms with Crippen LogP contribution in [0.3, 0.4) is 0 Å². The smallest absolute Gasteiger partial charge is 0.244 e. The summed E-state index contributed by atoms with van der Waals surface area (Å²) >= 11 is 0. The van der Waals surface area contributed by atoms with Crippen LogP contribution in [-0.4, -0.2) is 42.3 Å². The van der Waals surface area contributed by atoms with Crippen molar-refractivity contribution in [2.45, 2.75) is 63.6 Å². The number of nitrogens with zero attached hydrogens (tertiary/aromatic N) is 1. The van der Waals surface area contributed by atoms with Crippen LogP contribution in [0.15, 0.2) is 0 Å². The Morgan fingerprint density at radius 1 is 1.42 bits per heavy atom. The Morgan fingerprint density at radius 3 is 2.84 bits per heavy atom. The van der Waals surface area contributed by atoms with E-state index in [0.29, 0.717) is 11.8 Å². The number of hydrogen-bond acceptors (Lipinski definition) is 3. The molecule has 108 valence electrons. The maximum atomic E-state index is 12.7. The van der Waals surface area contributed by atoms with Gasteiger partial charge >= 0.3 is 0 Å². The van der Waals surface area contributed by atoms with Gasteiger partial charge in [0.15, 0.2) is 0 Å². The molecule has 19 heavy (non-hydrogen) atoms. The van der Waals surface area contributed by atoms with Gasteiger partial charge in [-0.05, 0) is 38.0 Å². The Kier molecular flexibility index (Phi) is 3.81. The molecule has 2 aliphatic heterocycles. The number of carbonyl (C=O) groups excluding carboxylic acids is 1. The van der Waals surface area contributed by atoms with Crippen LogP contribution < -0.4 is 5.32 Å². The third kappa shape index (κ3) is 2.40. The van der Waals surface area contributed by atoms with Gasteiger partial charge in [-0.3, -0.25) is 10.1 Å². The highest BCUT2D eigenvalue weighted by Crippen LogP contribution is 2.37. The van der Waals surface area contributed by atoms with Gasteiger partial charge in [0, 0.05) is 19.8 Å². The minimum absolute atomic E-state index is 0.202. The van der Waals surface area contributed by atoms with Crippen molar-refractivity contribution >= 4 is 5.91 Å². The van der Waals surface area contributed by atoms with Crippen LogP contribution in [0.2, 0.25) is 0 Å². The average molecular weight is 266 g/mol. The Hall–Kier alpha value is -0.610. The Labute approximate surface area is 115 Å². The van der Waals surface area contributed by atoms with Gasteiger partial charge < -0.3 is 9.64 Å². The van der Waals surface area contributed by atoms with Crippen molar-refractivity contribution in [3.05, 3.63) is 0 Å². The van der Waals surface area contributed by atoms with E-state index in [1.54, 1.807) is 0 Å². The minimum atomic E-state index is -0.202. The Bertz CT molecular complexity index is 333. The largest absolute Gasteiger partial charge is 0.381 e. The second-order valence-electron chi connectivity index (χ2n) is 6.37. The monoisotopic (exact) mass is 266 g/mol. The van der Waals surface area contributed by atoms with Crippen molar-refractivity contribution in [2.24, 2.45) is 5.92 Å². The SMILES string of the molecule is CCC1NC2(CCCC2)C(=O)N1CCC1CCOC1. The minimum Gasteiger partial charge on any atom is -0.381 e. The summed E-state index contributed by atoms with van der Waals surface area (Å²) in [4.78, 5) is 14.9. The molecule has 2 saturated heterocycles. The highest BCUT2D eigenvalue weighted by molar-refractivity contribution is 5.89. The Morgan fingerprint density at radius 2 is 2.21 bits per heavy atom. The standard InChI is InChI=1S/C15H26N2O2/c1-2-13-16-15(7-3-4-8-15)14(18)17(13)9-5-12-6-10-19-11-12/h12-13,16H,2-11H2,1H3. The fraction of sp³-hybridized carbons (Fsp3) is 0.933. The predicted octanol–water partition coefficient (Wildman–Crippen LogP) is 1.89. The molecule has 2 atom stereocenters. The molecular weight excluding hydrogens is 240 g/mol. The number of nitrogens with one attached hydrogen (secondary N) is 1. The first-order valence-corrected chi connectivity index (χ1v) is 7.92. The molecule has 3 rings (SSSR count). The fourth-order valence-corrected chi connectivity index (χ4v) is 3.92. The molecule has 4 nitrogen and oxygen atoms in total. The van der Waals surface area contributed by atoms with E-state index in [9.17, 15) is 4.79 Å². The molecule has 4 heteroatoms. The van der Waals surface area contributed by atoms with E-state index in [4.69, 9.17) is 4.74 Å². The molecule has 0 radical (unpaired) electrons. The summed E-state index contributed by atoms with van der Waals surface area (Å²) in [6.07, 6.45) is 7.98. The van der Waals surface area contributed by atoms with E-state index in [1.165, 1.54) is 12.8 Å². The van der Waals surface area contributed by atoms with Crippen LogP contribution in [0, 0.1) is 5.92 Å². The highest BCUT2D eigenvalue weighted by Gasteiger charge is 2.51. The summed E-state index contributed by atoms with van der Waals surface area (Å²) < 4.78 is 5.43. The average Bonchev–Trinajstić information content (AvgIpc) is 3.13. The van der Waals surface area contributed by atoms with E-state index in [0.717, 1.165) is 51.9 Å². The molecule has 2 unspecified atom stereocenters. The van der Waals surface area contributed by atoms with Crippen LogP contribution in [0.1, 0.15) is 51.9 Å². The quantitative estimate of drug-likeness (QED) is 0.845. The molecule has 1 saturated carbocycles. The normalized spacial score (nSPS) is 33.7. The molecule has 0 bridgehead atoms. The van der Waals surface area contributed by atoms with Crippen LogP contribution >= 0.6 is 0 Å². The topological polar surface area (TPSA) is 41.6 Å². The molecule has 0 aromatic heterocycles.